The number of nitrogens with two attached hydrogens (primary N) is 1. The van der Waals surface area contributed by atoms with Gasteiger partial charge >= 0.3 is 0 Å². The fourth-order valence-corrected chi connectivity index (χ4v) is 5.05. The average Bonchev–Trinajstić information content (AvgIpc) is 2.98. The van der Waals surface area contributed by atoms with E-state index in [9.17, 15) is 32.7 Å². The number of phenols is 1. The van der Waals surface area contributed by atoms with Gasteiger partial charge in [-0.25, -0.2) is 0 Å². The van der Waals surface area contributed by atoms with Crippen LogP contribution in [0, 0.1) is 0 Å². The van der Waals surface area contributed by atoms with Crippen LogP contribution in [0.5, 0.6) is 5.75 Å². The number of aromatic hydroxyl groups is 1. The molecule has 4 amide bonds. The Morgan fingerprint density at radius 2 is 1.44 bits per heavy atom. The smallest absolute Gasteiger partial charge is 0.264 e. The van der Waals surface area contributed by atoms with E-state index in [1.165, 1.54) is 12.1 Å². The summed E-state index contributed by atoms with van der Waals surface area (Å²) in [7, 11) is -4.11. The van der Waals surface area contributed by atoms with Crippen molar-refractivity contribution < 1.29 is 37.3 Å². The van der Waals surface area contributed by atoms with Gasteiger partial charge in [0.1, 0.15) is 17.8 Å². The molecule has 0 spiro atoms. The van der Waals surface area contributed by atoms with Gasteiger partial charge < -0.3 is 32.1 Å². The fraction of sp³-hybridized carbons (Fsp3) is 0.484. The molecule has 248 valence electrons. The molecule has 13 nitrogen and oxygen atoms in total. The van der Waals surface area contributed by atoms with E-state index in [4.69, 9.17) is 10.3 Å². The van der Waals surface area contributed by atoms with Crippen LogP contribution in [-0.4, -0.2) is 78.2 Å². The second kappa shape index (κ2) is 18.7. The predicted molar refractivity (Wildman–Crippen MR) is 170 cm³/mol. The highest BCUT2D eigenvalue weighted by molar-refractivity contribution is 7.85. The first-order valence-electron chi connectivity index (χ1n) is 15.0. The molecule has 45 heavy (non-hydrogen) atoms. The maximum Gasteiger partial charge on any atom is 0.264 e. The molecule has 8 N–H and O–H groups in total. The molecule has 0 aliphatic heterocycles. The molecule has 0 aliphatic rings. The number of rotatable bonds is 19. The normalized spacial score (nSPS) is 14.0. The van der Waals surface area contributed by atoms with E-state index in [1.54, 1.807) is 43.3 Å². The van der Waals surface area contributed by atoms with Gasteiger partial charge in [-0.05, 0) is 55.9 Å². The second-order valence-corrected chi connectivity index (χ2v) is 12.6. The quantitative estimate of drug-likeness (QED) is 0.108. The molecule has 2 aromatic carbocycles. The molecule has 1 unspecified atom stereocenters. The van der Waals surface area contributed by atoms with E-state index in [1.807, 2.05) is 13.0 Å². The third-order valence-corrected chi connectivity index (χ3v) is 7.80. The Hall–Kier alpha value is -4.01. The van der Waals surface area contributed by atoms with Crippen LogP contribution >= 0.6 is 0 Å². The van der Waals surface area contributed by atoms with Crippen molar-refractivity contribution in [2.45, 2.75) is 83.0 Å². The summed E-state index contributed by atoms with van der Waals surface area (Å²) in [5, 5.41) is 20.1. The Morgan fingerprint density at radius 3 is 2.07 bits per heavy atom. The van der Waals surface area contributed by atoms with Crippen molar-refractivity contribution in [2.24, 2.45) is 5.73 Å². The highest BCUT2D eigenvalue weighted by Crippen LogP contribution is 2.11. The molecule has 0 saturated carbocycles. The van der Waals surface area contributed by atoms with E-state index in [0.29, 0.717) is 12.8 Å². The molecule has 0 heterocycles. The Balaban J connectivity index is 1.99. The summed E-state index contributed by atoms with van der Waals surface area (Å²) >= 11 is 0. The zero-order chi connectivity index (χ0) is 33.4. The van der Waals surface area contributed by atoms with E-state index >= 15 is 0 Å². The highest BCUT2D eigenvalue weighted by Gasteiger charge is 2.26. The van der Waals surface area contributed by atoms with Crippen molar-refractivity contribution in [3.05, 3.63) is 65.7 Å². The van der Waals surface area contributed by atoms with Gasteiger partial charge in [0.15, 0.2) is 0 Å². The number of benzene rings is 2. The van der Waals surface area contributed by atoms with Crippen molar-refractivity contribution in [2.75, 3.05) is 12.3 Å². The van der Waals surface area contributed by atoms with Gasteiger partial charge in [-0.3, -0.25) is 23.7 Å². The minimum Gasteiger partial charge on any atom is -0.508 e. The van der Waals surface area contributed by atoms with Crippen LogP contribution in [0.25, 0.3) is 0 Å². The fourth-order valence-electron chi connectivity index (χ4n) is 4.52. The van der Waals surface area contributed by atoms with Gasteiger partial charge in [0.2, 0.25) is 23.6 Å². The van der Waals surface area contributed by atoms with Crippen molar-refractivity contribution in [1.29, 1.82) is 0 Å². The van der Waals surface area contributed by atoms with Crippen molar-refractivity contribution in [1.82, 2.24) is 21.3 Å². The Morgan fingerprint density at radius 1 is 0.800 bits per heavy atom. The largest absolute Gasteiger partial charge is 0.508 e. The molecule has 0 fully saturated rings. The number of carbonyl (C=O) groups excluding carboxylic acids is 4. The SMILES string of the molecule is CCCC[C@@H](NC(=O)[C@@H](N)Cc1ccc(O)cc1)C(=O)NCC(=O)N[C@@H](Cc1ccccc1)C(=O)NC(C)CCCS(=O)(=O)O. The average molecular weight is 648 g/mol. The number of amides is 4. The molecule has 0 aliphatic carbocycles. The number of phenolic OH excluding ortho intramolecular Hbond substituents is 1. The van der Waals surface area contributed by atoms with Crippen molar-refractivity contribution in [3.8, 4) is 5.75 Å². The summed E-state index contributed by atoms with van der Waals surface area (Å²) in [4.78, 5) is 51.8. The van der Waals surface area contributed by atoms with Gasteiger partial charge in [0.25, 0.3) is 10.1 Å². The number of unbranched alkanes of at least 4 members (excludes halogenated alkanes) is 1. The van der Waals surface area contributed by atoms with Gasteiger partial charge in [-0.15, -0.1) is 0 Å². The molecule has 0 saturated heterocycles. The molecular formula is C31H45N5O8S. The van der Waals surface area contributed by atoms with E-state index in [0.717, 1.165) is 17.5 Å². The van der Waals surface area contributed by atoms with Gasteiger partial charge in [0.05, 0.1) is 18.3 Å². The summed E-state index contributed by atoms with van der Waals surface area (Å²) in [6, 6.07) is 12.0. The standard InChI is InChI=1S/C31H45N5O8S/c1-3-4-12-26(36-29(39)25(32)18-23-13-15-24(37)16-14-23)30(40)33-20-28(38)35-27(19-22-10-6-5-7-11-22)31(41)34-21(2)9-8-17-45(42,43)44/h5-7,10-11,13-16,21,25-27,37H,3-4,8-9,12,17-20,32H2,1-2H3,(H,33,40)(H,34,41)(H,35,38)(H,36,39)(H,42,43,44)/t21?,25-,26+,27-/m0/s1. The highest BCUT2D eigenvalue weighted by atomic mass is 32.2. The first-order chi connectivity index (χ1) is 21.3. The summed E-state index contributed by atoms with van der Waals surface area (Å²) in [6.45, 7) is 3.18. The lowest BCUT2D eigenvalue weighted by atomic mass is 10.0. The molecular weight excluding hydrogens is 602 g/mol. The molecule has 0 radical (unpaired) electrons. The zero-order valence-electron chi connectivity index (χ0n) is 25.7. The van der Waals surface area contributed by atoms with Crippen molar-refractivity contribution in [3.63, 3.8) is 0 Å². The summed E-state index contributed by atoms with van der Waals surface area (Å²) in [5.41, 5.74) is 7.59. The first-order valence-corrected chi connectivity index (χ1v) is 16.6. The Bertz CT molecular complexity index is 1360. The predicted octanol–water partition coefficient (Wildman–Crippen LogP) is 0.953. The van der Waals surface area contributed by atoms with E-state index in [-0.39, 0.29) is 31.4 Å². The monoisotopic (exact) mass is 647 g/mol. The second-order valence-electron chi connectivity index (χ2n) is 11.0. The number of nitrogens with one attached hydrogen (secondary N) is 4. The summed E-state index contributed by atoms with van der Waals surface area (Å²) in [6.07, 6.45) is 2.52. The third-order valence-electron chi connectivity index (χ3n) is 6.99. The van der Waals surface area contributed by atoms with Crippen LogP contribution in [-0.2, 0) is 42.1 Å². The van der Waals surface area contributed by atoms with Crippen LogP contribution in [0.3, 0.4) is 0 Å². The maximum atomic E-state index is 13.1. The summed E-state index contributed by atoms with van der Waals surface area (Å²) < 4.78 is 30.9. The molecule has 2 aromatic rings. The Labute approximate surface area is 264 Å². The first kappa shape index (κ1) is 37.2. The van der Waals surface area contributed by atoms with E-state index in [2.05, 4.69) is 21.3 Å². The van der Waals surface area contributed by atoms with Gasteiger partial charge in [0, 0.05) is 12.5 Å². The van der Waals surface area contributed by atoms with Crippen LogP contribution < -0.4 is 27.0 Å². The number of hydrogen-bond donors (Lipinski definition) is 7. The van der Waals surface area contributed by atoms with Gasteiger partial charge in [-0.2, -0.15) is 8.42 Å². The molecule has 2 rings (SSSR count). The van der Waals surface area contributed by atoms with E-state index < -0.39 is 70.2 Å². The van der Waals surface area contributed by atoms with Crippen molar-refractivity contribution >= 4 is 33.7 Å². The van der Waals surface area contributed by atoms with Crippen LogP contribution in [0.15, 0.2) is 54.6 Å². The lowest BCUT2D eigenvalue weighted by Crippen LogP contribution is -2.55. The number of hydrogen-bond acceptors (Lipinski definition) is 8. The zero-order valence-corrected chi connectivity index (χ0v) is 26.5. The van der Waals surface area contributed by atoms with Crippen LogP contribution in [0.1, 0.15) is 57.1 Å². The maximum absolute atomic E-state index is 13.1. The third kappa shape index (κ3) is 15.0. The topological polar surface area (TPSA) is 217 Å². The molecule has 4 atom stereocenters. The minimum atomic E-state index is -4.11. The van der Waals surface area contributed by atoms with Gasteiger partial charge in [-0.1, -0.05) is 62.2 Å². The molecule has 14 heteroatoms. The Kier molecular flexibility index (Phi) is 15.5. The van der Waals surface area contributed by atoms with Crippen LogP contribution in [0.4, 0.5) is 0 Å². The molecule has 0 aromatic heterocycles. The minimum absolute atomic E-state index is 0.0902. The molecule has 0 bridgehead atoms. The summed E-state index contributed by atoms with van der Waals surface area (Å²) in [5.74, 6) is -2.56. The lowest BCUT2D eigenvalue weighted by Gasteiger charge is -2.23. The van der Waals surface area contributed by atoms with Crippen LogP contribution in [0.2, 0.25) is 0 Å². The lowest BCUT2D eigenvalue weighted by molar-refractivity contribution is -0.132. The number of carbonyl (C=O) groups is 4.